The van der Waals surface area contributed by atoms with Crippen molar-refractivity contribution in [3.8, 4) is 0 Å². The first-order valence-electron chi connectivity index (χ1n) is 12.1. The van der Waals surface area contributed by atoms with E-state index in [4.69, 9.17) is 9.41 Å². The zero-order valence-electron chi connectivity index (χ0n) is 19.3. The smallest absolute Gasteiger partial charge is 0.191 e. The molecule has 178 valence electrons. The van der Waals surface area contributed by atoms with Crippen molar-refractivity contribution in [1.29, 1.82) is 0 Å². The van der Waals surface area contributed by atoms with E-state index in [1.165, 1.54) is 38.5 Å². The number of aromatic nitrogens is 3. The Hall–Kier alpha value is -1.62. The largest absolute Gasteiger partial charge is 0.468 e. The molecule has 2 aliphatic rings. The molecule has 2 aromatic heterocycles. The minimum Gasteiger partial charge on any atom is -0.468 e. The quantitative estimate of drug-likeness (QED) is 0.295. The summed E-state index contributed by atoms with van der Waals surface area (Å²) in [5.41, 5.74) is 0. The summed E-state index contributed by atoms with van der Waals surface area (Å²) in [7, 11) is 0. The number of hydrogen-bond acceptors (Lipinski definition) is 5. The molecule has 2 N–H and O–H groups in total. The third-order valence-corrected chi connectivity index (χ3v) is 6.30. The Labute approximate surface area is 208 Å². The fourth-order valence-electron chi connectivity index (χ4n) is 4.64. The first-order valence-corrected chi connectivity index (χ1v) is 12.1. The number of hydrogen-bond donors (Lipinski definition) is 2. The van der Waals surface area contributed by atoms with Gasteiger partial charge in [-0.25, -0.2) is 0 Å². The summed E-state index contributed by atoms with van der Waals surface area (Å²) < 4.78 is 8.09. The van der Waals surface area contributed by atoms with Gasteiger partial charge in [-0.3, -0.25) is 9.89 Å². The molecular formula is C23H38IN7O. The second-order valence-corrected chi connectivity index (χ2v) is 8.52. The van der Waals surface area contributed by atoms with Gasteiger partial charge in [0.15, 0.2) is 5.96 Å². The van der Waals surface area contributed by atoms with Gasteiger partial charge in [-0.1, -0.05) is 12.8 Å². The molecule has 0 amide bonds. The van der Waals surface area contributed by atoms with Gasteiger partial charge < -0.3 is 19.6 Å². The molecule has 0 spiro atoms. The van der Waals surface area contributed by atoms with Crippen LogP contribution < -0.4 is 10.6 Å². The van der Waals surface area contributed by atoms with Crippen LogP contribution in [0.1, 0.15) is 68.9 Å². The molecule has 0 aliphatic carbocycles. The third kappa shape index (κ3) is 6.69. The molecule has 0 aromatic carbocycles. The Bertz CT molecular complexity index is 814. The highest BCUT2D eigenvalue weighted by Gasteiger charge is 2.24. The van der Waals surface area contributed by atoms with Gasteiger partial charge in [0.2, 0.25) is 0 Å². The van der Waals surface area contributed by atoms with Crippen LogP contribution in [0.15, 0.2) is 27.8 Å². The molecule has 1 fully saturated rings. The number of nitrogens with one attached hydrogen (secondary N) is 2. The van der Waals surface area contributed by atoms with Gasteiger partial charge in [0.1, 0.15) is 17.4 Å². The molecule has 4 heterocycles. The number of rotatable bonds is 8. The highest BCUT2D eigenvalue weighted by molar-refractivity contribution is 14.0. The average Bonchev–Trinajstić information content (AvgIpc) is 3.40. The molecule has 0 saturated carbocycles. The summed E-state index contributed by atoms with van der Waals surface area (Å²) in [5, 5.41) is 15.7. The van der Waals surface area contributed by atoms with Crippen molar-refractivity contribution in [1.82, 2.24) is 30.3 Å². The number of nitrogens with zero attached hydrogens (tertiary/aromatic N) is 5. The first-order chi connectivity index (χ1) is 15.3. The van der Waals surface area contributed by atoms with E-state index >= 15 is 0 Å². The second kappa shape index (κ2) is 13.2. The normalized spacial score (nSPS) is 18.3. The number of furan rings is 1. The Morgan fingerprint density at radius 3 is 2.69 bits per heavy atom. The predicted molar refractivity (Wildman–Crippen MR) is 138 cm³/mol. The summed E-state index contributed by atoms with van der Waals surface area (Å²) >= 11 is 0. The molecule has 0 bridgehead atoms. The molecule has 0 radical (unpaired) electrons. The van der Waals surface area contributed by atoms with E-state index < -0.39 is 0 Å². The Morgan fingerprint density at radius 2 is 1.91 bits per heavy atom. The van der Waals surface area contributed by atoms with Crippen molar-refractivity contribution in [3.05, 3.63) is 35.8 Å². The van der Waals surface area contributed by atoms with E-state index in [1.807, 2.05) is 6.07 Å². The van der Waals surface area contributed by atoms with Crippen molar-refractivity contribution in [2.45, 2.75) is 70.9 Å². The average molecular weight is 556 g/mol. The maximum Gasteiger partial charge on any atom is 0.191 e. The minimum absolute atomic E-state index is 0. The number of fused-ring (bicyclic) bond motifs is 1. The standard InChI is InChI=1S/C23H37N7O.HI/c1-2-24-23(25-13-12-22-28-27-21-11-5-3-8-16-30(21)22)26-18-19(20-10-9-17-31-20)29-14-6-4-7-15-29;/h9-10,17,19H,2-8,11-16,18H2,1H3,(H2,24,25,26);1H. The van der Waals surface area contributed by atoms with Gasteiger partial charge in [0.25, 0.3) is 0 Å². The van der Waals surface area contributed by atoms with Gasteiger partial charge >= 0.3 is 0 Å². The summed E-state index contributed by atoms with van der Waals surface area (Å²) in [6.45, 7) is 7.69. The molecule has 1 atom stereocenters. The van der Waals surface area contributed by atoms with Gasteiger partial charge in [-0.15, -0.1) is 34.2 Å². The highest BCUT2D eigenvalue weighted by Crippen LogP contribution is 2.25. The van der Waals surface area contributed by atoms with Crippen LogP contribution in [0.5, 0.6) is 0 Å². The minimum atomic E-state index is 0. The summed E-state index contributed by atoms with van der Waals surface area (Å²) in [6, 6.07) is 4.24. The zero-order valence-corrected chi connectivity index (χ0v) is 21.6. The Kier molecular flexibility index (Phi) is 10.3. The lowest BCUT2D eigenvalue weighted by Crippen LogP contribution is -2.40. The van der Waals surface area contributed by atoms with Crippen LogP contribution >= 0.6 is 24.0 Å². The number of guanidine groups is 1. The van der Waals surface area contributed by atoms with Gasteiger partial charge in [0.05, 0.1) is 18.8 Å². The van der Waals surface area contributed by atoms with Crippen LogP contribution in [0, 0.1) is 0 Å². The van der Waals surface area contributed by atoms with Crippen LogP contribution in [-0.2, 0) is 19.4 Å². The monoisotopic (exact) mass is 555 g/mol. The topological polar surface area (TPSA) is 83.5 Å². The number of aryl methyl sites for hydroxylation is 1. The van der Waals surface area contributed by atoms with E-state index in [0.29, 0.717) is 6.54 Å². The van der Waals surface area contributed by atoms with E-state index in [9.17, 15) is 0 Å². The summed E-state index contributed by atoms with van der Waals surface area (Å²) in [4.78, 5) is 7.43. The fraction of sp³-hybridized carbons (Fsp3) is 0.696. The van der Waals surface area contributed by atoms with Crippen LogP contribution in [0.2, 0.25) is 0 Å². The number of halogens is 1. The zero-order chi connectivity index (χ0) is 21.3. The lowest BCUT2D eigenvalue weighted by atomic mass is 10.1. The van der Waals surface area contributed by atoms with E-state index in [0.717, 1.165) is 68.9 Å². The van der Waals surface area contributed by atoms with Gasteiger partial charge in [-0.05, 0) is 57.8 Å². The first kappa shape index (κ1) is 25.0. The predicted octanol–water partition coefficient (Wildman–Crippen LogP) is 3.54. The van der Waals surface area contributed by atoms with Crippen molar-refractivity contribution < 1.29 is 4.42 Å². The number of piperidine rings is 1. The molecular weight excluding hydrogens is 517 g/mol. The highest BCUT2D eigenvalue weighted by atomic mass is 127. The summed E-state index contributed by atoms with van der Waals surface area (Å²) in [6.07, 6.45) is 11.2. The van der Waals surface area contributed by atoms with Gasteiger partial charge in [-0.2, -0.15) is 0 Å². The molecule has 2 aromatic rings. The molecule has 9 heteroatoms. The van der Waals surface area contributed by atoms with Crippen molar-refractivity contribution in [3.63, 3.8) is 0 Å². The van der Waals surface area contributed by atoms with Crippen LogP contribution in [-0.4, -0.2) is 58.3 Å². The molecule has 4 rings (SSSR count). The van der Waals surface area contributed by atoms with Crippen molar-refractivity contribution >= 4 is 29.9 Å². The lowest BCUT2D eigenvalue weighted by molar-refractivity contribution is 0.150. The SMILES string of the molecule is CCNC(=NCC(c1ccco1)N1CCCCC1)NCCc1nnc2n1CCCCC2.I. The van der Waals surface area contributed by atoms with E-state index in [2.05, 4.69) is 43.3 Å². The van der Waals surface area contributed by atoms with Crippen molar-refractivity contribution in [2.75, 3.05) is 32.7 Å². The molecule has 1 saturated heterocycles. The fourth-order valence-corrected chi connectivity index (χ4v) is 4.64. The van der Waals surface area contributed by atoms with Crippen LogP contribution in [0.3, 0.4) is 0 Å². The van der Waals surface area contributed by atoms with Gasteiger partial charge in [0, 0.05) is 32.5 Å². The van der Waals surface area contributed by atoms with E-state index in [-0.39, 0.29) is 30.0 Å². The second-order valence-electron chi connectivity index (χ2n) is 8.52. The lowest BCUT2D eigenvalue weighted by Gasteiger charge is -2.32. The summed E-state index contributed by atoms with van der Waals surface area (Å²) in [5.74, 6) is 4.09. The van der Waals surface area contributed by atoms with Crippen LogP contribution in [0.4, 0.5) is 0 Å². The number of aliphatic imine (C=N–C) groups is 1. The maximum atomic E-state index is 5.76. The Balaban J connectivity index is 0.00000289. The van der Waals surface area contributed by atoms with Crippen molar-refractivity contribution in [2.24, 2.45) is 4.99 Å². The third-order valence-electron chi connectivity index (χ3n) is 6.30. The molecule has 1 unspecified atom stereocenters. The molecule has 32 heavy (non-hydrogen) atoms. The van der Waals surface area contributed by atoms with E-state index in [1.54, 1.807) is 6.26 Å². The maximum absolute atomic E-state index is 5.76. The Morgan fingerprint density at radius 1 is 1.09 bits per heavy atom. The number of likely N-dealkylation sites (tertiary alicyclic amines) is 1. The van der Waals surface area contributed by atoms with Crippen LogP contribution in [0.25, 0.3) is 0 Å². The molecule has 2 aliphatic heterocycles. The molecule has 8 nitrogen and oxygen atoms in total.